The predicted molar refractivity (Wildman–Crippen MR) is 144 cm³/mol. The third-order valence-electron chi connectivity index (χ3n) is 6.13. The molecule has 1 aromatic heterocycles. The van der Waals surface area contributed by atoms with Crippen molar-refractivity contribution in [2.24, 2.45) is 5.73 Å². The molecule has 0 spiro atoms. The molecule has 2 aromatic carbocycles. The normalized spacial score (nSPS) is 13.4. The van der Waals surface area contributed by atoms with Crippen molar-refractivity contribution < 1.29 is 19.1 Å². The number of hydrogen-bond acceptors (Lipinski definition) is 8. The Morgan fingerprint density at radius 3 is 2.54 bits per heavy atom. The Balaban J connectivity index is 0.00000420. The Labute approximate surface area is 228 Å². The van der Waals surface area contributed by atoms with Gasteiger partial charge in [-0.1, -0.05) is 56.0 Å². The van der Waals surface area contributed by atoms with E-state index in [2.05, 4.69) is 21.6 Å². The number of aromatic nitrogens is 3. The van der Waals surface area contributed by atoms with E-state index in [9.17, 15) is 14.9 Å². The van der Waals surface area contributed by atoms with Gasteiger partial charge in [0.05, 0.1) is 36.9 Å². The number of hydrogen-bond donors (Lipinski definition) is 2. The average Bonchev–Trinajstić information content (AvgIpc) is 3.34. The van der Waals surface area contributed by atoms with Crippen molar-refractivity contribution in [1.29, 1.82) is 5.26 Å². The van der Waals surface area contributed by atoms with E-state index in [0.717, 1.165) is 5.56 Å². The maximum atomic E-state index is 12.7. The van der Waals surface area contributed by atoms with Gasteiger partial charge in [0.1, 0.15) is 12.6 Å². The van der Waals surface area contributed by atoms with Crippen LogP contribution in [0, 0.1) is 11.3 Å². The molecule has 3 aromatic rings. The summed E-state index contributed by atoms with van der Waals surface area (Å²) < 4.78 is 13.3. The topological polar surface area (TPSA) is 148 Å². The molecule has 11 heteroatoms. The number of nitrogens with zero attached hydrogens (tertiary/aromatic N) is 5. The molecule has 2 heterocycles. The molecule has 39 heavy (non-hydrogen) atoms. The molecule has 206 valence electrons. The van der Waals surface area contributed by atoms with Gasteiger partial charge in [0, 0.05) is 18.7 Å². The minimum atomic E-state index is -1.09. The molecule has 1 aliphatic rings. The molecule has 0 saturated heterocycles. The highest BCUT2D eigenvalue weighted by Crippen LogP contribution is 2.20. The molecule has 11 nitrogen and oxygen atoms in total. The van der Waals surface area contributed by atoms with Crippen LogP contribution in [-0.2, 0) is 40.6 Å². The molecule has 4 rings (SSSR count). The summed E-state index contributed by atoms with van der Waals surface area (Å²) in [5.74, 6) is 0.749. The van der Waals surface area contributed by atoms with Crippen LogP contribution in [0.1, 0.15) is 55.7 Å². The van der Waals surface area contributed by atoms with Crippen LogP contribution in [0.15, 0.2) is 54.6 Å². The van der Waals surface area contributed by atoms with E-state index in [1.54, 1.807) is 38.1 Å². The summed E-state index contributed by atoms with van der Waals surface area (Å²) in [7, 11) is 0. The number of nitrogens with two attached hydrogens (primary N) is 1. The molecular formula is C28H35N7O4. The minimum Gasteiger partial charge on any atom is -0.444 e. The van der Waals surface area contributed by atoms with Gasteiger partial charge >= 0.3 is 6.09 Å². The van der Waals surface area contributed by atoms with Gasteiger partial charge in [-0.05, 0) is 25.5 Å². The van der Waals surface area contributed by atoms with Crippen molar-refractivity contribution in [3.05, 3.63) is 82.9 Å². The number of benzene rings is 2. The lowest BCUT2D eigenvalue weighted by atomic mass is 10.1. The Kier molecular flexibility index (Phi) is 9.76. The average molecular weight is 534 g/mol. The highest BCUT2D eigenvalue weighted by Gasteiger charge is 2.32. The molecule has 1 aliphatic heterocycles. The minimum absolute atomic E-state index is 0. The Morgan fingerprint density at radius 1 is 1.10 bits per heavy atom. The van der Waals surface area contributed by atoms with Gasteiger partial charge in [0.2, 0.25) is 5.91 Å². The van der Waals surface area contributed by atoms with Crippen LogP contribution in [0.2, 0.25) is 0 Å². The van der Waals surface area contributed by atoms with Gasteiger partial charge < -0.3 is 25.1 Å². The molecular weight excluding hydrogens is 498 g/mol. The SMILES string of the molecule is C.CC(C)(N)C(=O)N[C@H](COCc1ccccc1)c1nnc2n1CCN(C(=O)OCc1ccccc1C#N)C2. The maximum absolute atomic E-state index is 12.7. The number of carbonyl (C=O) groups excluding carboxylic acids is 2. The largest absolute Gasteiger partial charge is 0.444 e. The third kappa shape index (κ3) is 7.40. The number of ether oxygens (including phenoxy) is 2. The Morgan fingerprint density at radius 2 is 1.82 bits per heavy atom. The van der Waals surface area contributed by atoms with Crippen LogP contribution in [0.25, 0.3) is 0 Å². The summed E-state index contributed by atoms with van der Waals surface area (Å²) in [5.41, 5.74) is 7.03. The van der Waals surface area contributed by atoms with Gasteiger partial charge in [0.15, 0.2) is 11.6 Å². The van der Waals surface area contributed by atoms with Crippen LogP contribution in [-0.4, -0.2) is 50.4 Å². The predicted octanol–water partition coefficient (Wildman–Crippen LogP) is 3.05. The fourth-order valence-electron chi connectivity index (χ4n) is 3.97. The second kappa shape index (κ2) is 13.0. The first-order valence-electron chi connectivity index (χ1n) is 12.3. The molecule has 0 saturated carbocycles. The molecule has 0 radical (unpaired) electrons. The summed E-state index contributed by atoms with van der Waals surface area (Å²) in [6.45, 7) is 4.76. The zero-order chi connectivity index (χ0) is 27.1. The van der Waals surface area contributed by atoms with Gasteiger partial charge in [-0.2, -0.15) is 5.26 Å². The molecule has 1 atom stereocenters. The van der Waals surface area contributed by atoms with Gasteiger partial charge in [-0.25, -0.2) is 4.79 Å². The van der Waals surface area contributed by atoms with Crippen molar-refractivity contribution in [2.75, 3.05) is 13.2 Å². The van der Waals surface area contributed by atoms with E-state index in [1.165, 1.54) is 4.90 Å². The molecule has 0 aliphatic carbocycles. The van der Waals surface area contributed by atoms with Gasteiger partial charge in [0.25, 0.3) is 0 Å². The molecule has 0 bridgehead atoms. The zero-order valence-electron chi connectivity index (χ0n) is 21.5. The number of amides is 2. The highest BCUT2D eigenvalue weighted by molar-refractivity contribution is 5.85. The zero-order valence-corrected chi connectivity index (χ0v) is 21.5. The maximum Gasteiger partial charge on any atom is 0.410 e. The molecule has 0 unspecified atom stereocenters. The fraction of sp³-hybridized carbons (Fsp3) is 0.393. The van der Waals surface area contributed by atoms with E-state index in [1.807, 2.05) is 34.9 Å². The van der Waals surface area contributed by atoms with E-state index >= 15 is 0 Å². The summed E-state index contributed by atoms with van der Waals surface area (Å²) in [4.78, 5) is 27.0. The van der Waals surface area contributed by atoms with E-state index in [4.69, 9.17) is 15.2 Å². The number of nitriles is 1. The number of fused-ring (bicyclic) bond motifs is 1. The number of rotatable bonds is 9. The third-order valence-corrected chi connectivity index (χ3v) is 6.13. The van der Waals surface area contributed by atoms with Crippen LogP contribution in [0.3, 0.4) is 0 Å². The quantitative estimate of drug-likeness (QED) is 0.426. The monoisotopic (exact) mass is 533 g/mol. The van der Waals surface area contributed by atoms with Crippen molar-refractivity contribution in [1.82, 2.24) is 25.0 Å². The molecule has 0 fully saturated rings. The second-order valence-electron chi connectivity index (χ2n) is 9.62. The van der Waals surface area contributed by atoms with E-state index < -0.39 is 17.7 Å². The summed E-state index contributed by atoms with van der Waals surface area (Å²) in [5, 5.41) is 20.8. The first kappa shape index (κ1) is 29.3. The van der Waals surface area contributed by atoms with Gasteiger partial charge in [-0.15, -0.1) is 10.2 Å². The second-order valence-corrected chi connectivity index (χ2v) is 9.62. The van der Waals surface area contributed by atoms with Crippen LogP contribution >= 0.6 is 0 Å². The van der Waals surface area contributed by atoms with Crippen LogP contribution < -0.4 is 11.1 Å². The fourth-order valence-corrected chi connectivity index (χ4v) is 3.97. The first-order valence-corrected chi connectivity index (χ1v) is 12.3. The highest BCUT2D eigenvalue weighted by atomic mass is 16.6. The van der Waals surface area contributed by atoms with Crippen molar-refractivity contribution in [3.8, 4) is 6.07 Å². The number of nitrogens with one attached hydrogen (secondary N) is 1. The first-order chi connectivity index (χ1) is 18.3. The van der Waals surface area contributed by atoms with E-state index in [0.29, 0.717) is 42.5 Å². The van der Waals surface area contributed by atoms with Crippen molar-refractivity contribution >= 4 is 12.0 Å². The standard InChI is InChI=1S/C27H31N7O4.CH4/c1-27(2,29)25(35)30-22(18-37-16-19-8-4-3-5-9-19)24-32-31-23-15-33(12-13-34(23)24)26(36)38-17-21-11-7-6-10-20(21)14-28;/h3-11,22H,12-13,15-18,29H2,1-2H3,(H,30,35);1H4/t22-;/m1./s1. The summed E-state index contributed by atoms with van der Waals surface area (Å²) in [6, 6.07) is 18.2. The molecule has 2 amide bonds. The smallest absolute Gasteiger partial charge is 0.410 e. The summed E-state index contributed by atoms with van der Waals surface area (Å²) >= 11 is 0. The van der Waals surface area contributed by atoms with Crippen LogP contribution in [0.5, 0.6) is 0 Å². The lowest BCUT2D eigenvalue weighted by Crippen LogP contribution is -2.51. The van der Waals surface area contributed by atoms with Crippen LogP contribution in [0.4, 0.5) is 4.79 Å². The summed E-state index contributed by atoms with van der Waals surface area (Å²) in [6.07, 6.45) is -0.505. The lowest BCUT2D eigenvalue weighted by molar-refractivity contribution is -0.126. The lowest BCUT2D eigenvalue weighted by Gasteiger charge is -2.29. The number of carbonyl (C=O) groups is 2. The van der Waals surface area contributed by atoms with Crippen molar-refractivity contribution in [3.63, 3.8) is 0 Å². The Bertz CT molecular complexity index is 1310. The molecule has 3 N–H and O–H groups in total. The van der Waals surface area contributed by atoms with Gasteiger partial charge in [-0.3, -0.25) is 9.69 Å². The van der Waals surface area contributed by atoms with Crippen molar-refractivity contribution in [2.45, 2.75) is 59.2 Å². The Hall–Kier alpha value is -4.27. The van der Waals surface area contributed by atoms with E-state index in [-0.39, 0.29) is 33.1 Å².